The third kappa shape index (κ3) is 5.43. The van der Waals surface area contributed by atoms with Crippen LogP contribution in [0, 0.1) is 0 Å². The van der Waals surface area contributed by atoms with E-state index < -0.39 is 101 Å². The van der Waals surface area contributed by atoms with Gasteiger partial charge in [0, 0.05) is 13.0 Å². The number of aryl methyl sites for hydroxylation is 1. The van der Waals surface area contributed by atoms with Gasteiger partial charge in [0.25, 0.3) is 0 Å². The third-order valence-corrected chi connectivity index (χ3v) is 5.35. The van der Waals surface area contributed by atoms with Crippen molar-refractivity contribution in [3.8, 4) is 0 Å². The highest BCUT2D eigenvalue weighted by Crippen LogP contribution is 2.62. The Morgan fingerprint density at radius 1 is 0.500 bits per heavy atom. The van der Waals surface area contributed by atoms with Gasteiger partial charge in [0.1, 0.15) is 5.69 Å². The van der Waals surface area contributed by atoms with E-state index in [0.717, 1.165) is 0 Å². The lowest BCUT2D eigenvalue weighted by Crippen LogP contribution is -2.70. The third-order valence-electron chi connectivity index (χ3n) is 5.35. The lowest BCUT2D eigenvalue weighted by Gasteiger charge is -2.39. The smallest absolute Gasteiger partial charge is 0.252 e. The molecule has 0 amide bonds. The highest BCUT2D eigenvalue weighted by molar-refractivity contribution is 5.14. The average Bonchev–Trinajstić information content (AvgIpc) is 3.28. The van der Waals surface area contributed by atoms with Crippen LogP contribution in [0.1, 0.15) is 18.3 Å². The maximum absolute atomic E-state index is 14.0. The second-order valence-electron chi connectivity index (χ2n) is 8.36. The van der Waals surface area contributed by atoms with Crippen LogP contribution in [0.5, 0.6) is 0 Å². The quantitative estimate of drug-likeness (QED) is 0.203. The molecule has 0 aromatic carbocycles. The molecule has 0 saturated heterocycles. The standard InChI is InChI=1S/C16H6F25N3/c17-5(7(20,21)9(24,25)11(28,29)13(32,33)15(36,37)38)4-3-44(43-42-4)2-1-6(18,19)8(22,23)10(26,27)12(30,31)14(34,35)16(39,40)41/h3,5H,1-2H2. The van der Waals surface area contributed by atoms with Gasteiger partial charge in [-0.05, 0) is 0 Å². The Labute approximate surface area is 222 Å². The molecule has 0 fully saturated rings. The number of rotatable bonds is 12. The van der Waals surface area contributed by atoms with Crippen molar-refractivity contribution in [3.63, 3.8) is 0 Å². The first-order chi connectivity index (χ1) is 18.8. The number of hydrogen-bond acceptors (Lipinski definition) is 2. The van der Waals surface area contributed by atoms with Crippen molar-refractivity contribution in [2.45, 2.75) is 84.8 Å². The van der Waals surface area contributed by atoms with E-state index in [4.69, 9.17) is 0 Å². The van der Waals surface area contributed by atoms with Crippen LogP contribution in [0.3, 0.4) is 0 Å². The molecule has 1 aromatic heterocycles. The molecule has 260 valence electrons. The molecule has 0 N–H and O–H groups in total. The van der Waals surface area contributed by atoms with Crippen molar-refractivity contribution in [2.24, 2.45) is 0 Å². The highest BCUT2D eigenvalue weighted by atomic mass is 19.4. The van der Waals surface area contributed by atoms with E-state index in [-0.39, 0.29) is 0 Å². The maximum Gasteiger partial charge on any atom is 0.460 e. The van der Waals surface area contributed by atoms with Gasteiger partial charge in [-0.3, -0.25) is 4.68 Å². The first kappa shape index (κ1) is 39.4. The SMILES string of the molecule is FC(c1cn(CCC(F)(F)C(F)(F)C(F)(F)C(F)(F)C(F)(F)C(F)(F)F)nn1)C(F)(F)C(F)(F)C(F)(F)C(F)(F)C(F)(F)F. The fourth-order valence-corrected chi connectivity index (χ4v) is 2.68. The number of halogens is 25. The fourth-order valence-electron chi connectivity index (χ4n) is 2.68. The van der Waals surface area contributed by atoms with Crippen molar-refractivity contribution in [1.29, 1.82) is 0 Å². The first-order valence-corrected chi connectivity index (χ1v) is 9.92. The van der Waals surface area contributed by atoms with Gasteiger partial charge in [0.2, 0.25) is 6.17 Å². The van der Waals surface area contributed by atoms with Gasteiger partial charge in [-0.2, -0.15) is 105 Å². The molecule has 0 bridgehead atoms. The summed E-state index contributed by atoms with van der Waals surface area (Å²) in [6, 6.07) is 0. The normalized spacial score (nSPS) is 16.8. The molecule has 1 rings (SSSR count). The summed E-state index contributed by atoms with van der Waals surface area (Å²) >= 11 is 0. The van der Waals surface area contributed by atoms with Gasteiger partial charge < -0.3 is 0 Å². The Kier molecular flexibility index (Phi) is 9.37. The predicted octanol–water partition coefficient (Wildman–Crippen LogP) is 8.52. The van der Waals surface area contributed by atoms with E-state index in [1.807, 2.05) is 5.10 Å². The van der Waals surface area contributed by atoms with Crippen LogP contribution in [-0.2, 0) is 6.54 Å². The van der Waals surface area contributed by atoms with Gasteiger partial charge in [0.15, 0.2) is 0 Å². The van der Waals surface area contributed by atoms with Gasteiger partial charge in [-0.25, -0.2) is 4.39 Å². The zero-order valence-corrected chi connectivity index (χ0v) is 19.4. The molecule has 28 heteroatoms. The van der Waals surface area contributed by atoms with E-state index in [2.05, 4.69) is 5.21 Å². The average molecular weight is 715 g/mol. The van der Waals surface area contributed by atoms with Crippen LogP contribution in [-0.4, -0.2) is 80.6 Å². The van der Waals surface area contributed by atoms with E-state index in [9.17, 15) is 110 Å². The Morgan fingerprint density at radius 3 is 1.20 bits per heavy atom. The molecule has 3 nitrogen and oxygen atoms in total. The van der Waals surface area contributed by atoms with Crippen LogP contribution in [0.15, 0.2) is 6.20 Å². The molecule has 44 heavy (non-hydrogen) atoms. The number of aromatic nitrogens is 3. The molecule has 1 heterocycles. The van der Waals surface area contributed by atoms with Crippen molar-refractivity contribution in [3.05, 3.63) is 11.9 Å². The second-order valence-corrected chi connectivity index (χ2v) is 8.36. The summed E-state index contributed by atoms with van der Waals surface area (Å²) in [5.74, 6) is -70.8. The van der Waals surface area contributed by atoms with Gasteiger partial charge in [-0.15, -0.1) is 5.10 Å². The van der Waals surface area contributed by atoms with E-state index >= 15 is 0 Å². The Balaban J connectivity index is 3.35. The Hall–Kier alpha value is -2.61. The van der Waals surface area contributed by atoms with Crippen LogP contribution in [0.4, 0.5) is 110 Å². The largest absolute Gasteiger partial charge is 0.460 e. The minimum atomic E-state index is -8.31. The maximum atomic E-state index is 14.0. The predicted molar refractivity (Wildman–Crippen MR) is 85.1 cm³/mol. The monoisotopic (exact) mass is 715 g/mol. The summed E-state index contributed by atoms with van der Waals surface area (Å²) in [7, 11) is 0. The number of hydrogen-bond donors (Lipinski definition) is 0. The van der Waals surface area contributed by atoms with E-state index in [1.165, 1.54) is 0 Å². The molecule has 0 aliphatic rings. The van der Waals surface area contributed by atoms with Crippen LogP contribution in [0.2, 0.25) is 0 Å². The lowest BCUT2D eigenvalue weighted by molar-refractivity contribution is -0.440. The van der Waals surface area contributed by atoms with Crippen molar-refractivity contribution in [1.82, 2.24) is 15.0 Å². The van der Waals surface area contributed by atoms with Crippen molar-refractivity contribution >= 4 is 0 Å². The molecule has 0 radical (unpaired) electrons. The van der Waals surface area contributed by atoms with Crippen LogP contribution in [0.25, 0.3) is 0 Å². The number of nitrogens with zero attached hydrogens (tertiary/aromatic N) is 3. The summed E-state index contributed by atoms with van der Waals surface area (Å²) < 4.78 is 326. The number of alkyl halides is 25. The van der Waals surface area contributed by atoms with Crippen LogP contribution < -0.4 is 0 Å². The highest BCUT2D eigenvalue weighted by Gasteiger charge is 2.91. The zero-order valence-electron chi connectivity index (χ0n) is 19.4. The van der Waals surface area contributed by atoms with Gasteiger partial charge in [-0.1, -0.05) is 5.21 Å². The van der Waals surface area contributed by atoms with E-state index in [1.54, 1.807) is 0 Å². The molecule has 1 aromatic rings. The minimum absolute atomic E-state index is 0.784. The summed E-state index contributed by atoms with van der Waals surface area (Å²) in [5, 5.41) is 4.25. The Morgan fingerprint density at radius 2 is 0.841 bits per heavy atom. The summed E-state index contributed by atoms with van der Waals surface area (Å²) in [6.07, 6.45) is -24.6. The van der Waals surface area contributed by atoms with E-state index in [0.29, 0.717) is 0 Å². The van der Waals surface area contributed by atoms with Crippen molar-refractivity contribution < 1.29 is 110 Å². The summed E-state index contributed by atoms with van der Waals surface area (Å²) in [6.45, 7) is -2.36. The molecule has 0 aliphatic carbocycles. The molecule has 1 atom stereocenters. The molecular formula is C16H6F25N3. The molecule has 0 saturated carbocycles. The van der Waals surface area contributed by atoms with Gasteiger partial charge >= 0.3 is 65.7 Å². The molecular weight excluding hydrogens is 709 g/mol. The molecule has 0 aliphatic heterocycles. The van der Waals surface area contributed by atoms with Crippen molar-refractivity contribution in [2.75, 3.05) is 0 Å². The van der Waals surface area contributed by atoms with Gasteiger partial charge in [0.05, 0.1) is 6.20 Å². The fraction of sp³-hybridized carbons (Fsp3) is 0.875. The van der Waals surface area contributed by atoms with Crippen LogP contribution >= 0.6 is 0 Å². The minimum Gasteiger partial charge on any atom is -0.252 e. The summed E-state index contributed by atoms with van der Waals surface area (Å²) in [5.41, 5.74) is -2.57. The first-order valence-electron chi connectivity index (χ1n) is 9.92. The zero-order chi connectivity index (χ0) is 35.8. The Bertz CT molecular complexity index is 1160. The summed E-state index contributed by atoms with van der Waals surface area (Å²) in [4.78, 5) is 0. The molecule has 0 spiro atoms. The second kappa shape index (κ2) is 10.5. The molecule has 1 unspecified atom stereocenters. The lowest BCUT2D eigenvalue weighted by atomic mass is 9.92. The topological polar surface area (TPSA) is 30.7 Å².